The van der Waals surface area contributed by atoms with Crippen molar-refractivity contribution in [2.24, 2.45) is 0 Å². The molecule has 0 aliphatic heterocycles. The van der Waals surface area contributed by atoms with Crippen LogP contribution in [0.1, 0.15) is 32.4 Å². The quantitative estimate of drug-likeness (QED) is 0.860. The summed E-state index contributed by atoms with van der Waals surface area (Å²) >= 11 is 0. The monoisotopic (exact) mass is 271 g/mol. The van der Waals surface area contributed by atoms with E-state index in [1.807, 2.05) is 0 Å². The fourth-order valence-electron chi connectivity index (χ4n) is 1.37. The minimum Gasteiger partial charge on any atom is -0.444 e. The lowest BCUT2D eigenvalue weighted by atomic mass is 10.1. The molecule has 0 aliphatic carbocycles. The van der Waals surface area contributed by atoms with Crippen LogP contribution in [0.15, 0.2) is 18.2 Å². The molecule has 1 amide bonds. The van der Waals surface area contributed by atoms with E-state index in [1.54, 1.807) is 20.8 Å². The van der Waals surface area contributed by atoms with Crippen LogP contribution in [-0.4, -0.2) is 18.0 Å². The Labute approximate surface area is 109 Å². The molecular formula is C13H15F2NO3. The first kappa shape index (κ1) is 15.1. The van der Waals surface area contributed by atoms with Gasteiger partial charge in [0.1, 0.15) is 29.6 Å². The molecule has 0 spiro atoms. The Morgan fingerprint density at radius 1 is 1.37 bits per heavy atom. The zero-order chi connectivity index (χ0) is 14.6. The smallest absolute Gasteiger partial charge is 0.408 e. The number of hydrogen-bond acceptors (Lipinski definition) is 3. The van der Waals surface area contributed by atoms with Gasteiger partial charge in [0.05, 0.1) is 0 Å². The normalized spacial score (nSPS) is 12.7. The lowest BCUT2D eigenvalue weighted by Gasteiger charge is -2.21. The van der Waals surface area contributed by atoms with E-state index in [0.29, 0.717) is 6.29 Å². The molecule has 19 heavy (non-hydrogen) atoms. The molecule has 1 atom stereocenters. The van der Waals surface area contributed by atoms with E-state index in [0.717, 1.165) is 18.2 Å². The minimum absolute atomic E-state index is 0.249. The Bertz CT molecular complexity index is 483. The molecule has 0 radical (unpaired) electrons. The number of hydrogen-bond donors (Lipinski definition) is 1. The maximum atomic E-state index is 13.5. The van der Waals surface area contributed by atoms with Crippen molar-refractivity contribution in [3.63, 3.8) is 0 Å². The largest absolute Gasteiger partial charge is 0.444 e. The van der Waals surface area contributed by atoms with Gasteiger partial charge in [-0.1, -0.05) is 0 Å². The van der Waals surface area contributed by atoms with Gasteiger partial charge >= 0.3 is 6.09 Å². The van der Waals surface area contributed by atoms with Gasteiger partial charge in [0.2, 0.25) is 0 Å². The van der Waals surface area contributed by atoms with Crippen molar-refractivity contribution in [2.75, 3.05) is 0 Å². The summed E-state index contributed by atoms with van der Waals surface area (Å²) in [5.74, 6) is -1.48. The molecule has 0 saturated carbocycles. The van der Waals surface area contributed by atoms with Gasteiger partial charge in [-0.25, -0.2) is 13.6 Å². The van der Waals surface area contributed by atoms with Crippen LogP contribution in [0.25, 0.3) is 0 Å². The number of carbonyl (C=O) groups is 2. The minimum atomic E-state index is -1.30. The Morgan fingerprint density at radius 3 is 2.53 bits per heavy atom. The van der Waals surface area contributed by atoms with Crippen molar-refractivity contribution in [1.82, 2.24) is 5.32 Å². The molecule has 4 nitrogen and oxygen atoms in total. The summed E-state index contributed by atoms with van der Waals surface area (Å²) in [7, 11) is 0. The Balaban J connectivity index is 2.87. The number of halogens is 2. The van der Waals surface area contributed by atoms with Crippen LogP contribution in [0, 0.1) is 11.6 Å². The highest BCUT2D eigenvalue weighted by Crippen LogP contribution is 2.17. The Hall–Kier alpha value is -1.98. The maximum absolute atomic E-state index is 13.5. The van der Waals surface area contributed by atoms with Gasteiger partial charge in [0, 0.05) is 5.56 Å². The average Bonchev–Trinajstić information content (AvgIpc) is 2.27. The molecule has 1 aromatic rings. The predicted molar refractivity (Wildman–Crippen MR) is 64.5 cm³/mol. The highest BCUT2D eigenvalue weighted by Gasteiger charge is 2.22. The standard InChI is InChI=1S/C13H15F2NO3/c1-13(2,3)19-12(18)16-11(7-17)9-6-8(14)4-5-10(9)15/h4-7,11H,1-3H3,(H,16,18). The first-order valence-electron chi connectivity index (χ1n) is 5.62. The van der Waals surface area contributed by atoms with Crippen molar-refractivity contribution >= 4 is 12.4 Å². The summed E-state index contributed by atoms with van der Waals surface area (Å²) in [5, 5.41) is 2.17. The number of carbonyl (C=O) groups excluding carboxylic acids is 2. The van der Waals surface area contributed by atoms with Crippen LogP contribution >= 0.6 is 0 Å². The zero-order valence-corrected chi connectivity index (χ0v) is 10.9. The number of aldehydes is 1. The zero-order valence-electron chi connectivity index (χ0n) is 10.9. The van der Waals surface area contributed by atoms with Crippen LogP contribution in [0.2, 0.25) is 0 Å². The maximum Gasteiger partial charge on any atom is 0.408 e. The predicted octanol–water partition coefficient (Wildman–Crippen LogP) is 2.73. The lowest BCUT2D eigenvalue weighted by Crippen LogP contribution is -2.35. The number of rotatable bonds is 3. The van der Waals surface area contributed by atoms with E-state index in [4.69, 9.17) is 4.74 Å². The van der Waals surface area contributed by atoms with Crippen molar-refractivity contribution in [3.05, 3.63) is 35.4 Å². The number of amides is 1. The van der Waals surface area contributed by atoms with E-state index in [9.17, 15) is 18.4 Å². The van der Waals surface area contributed by atoms with Gasteiger partial charge in [-0.05, 0) is 39.0 Å². The van der Waals surface area contributed by atoms with E-state index in [2.05, 4.69) is 5.32 Å². The third-order valence-electron chi connectivity index (χ3n) is 2.10. The second kappa shape index (κ2) is 5.77. The van der Waals surface area contributed by atoms with Gasteiger partial charge in [-0.3, -0.25) is 0 Å². The molecule has 6 heteroatoms. The molecule has 1 unspecified atom stereocenters. The fourth-order valence-corrected chi connectivity index (χ4v) is 1.37. The summed E-state index contributed by atoms with van der Waals surface area (Å²) in [5.41, 5.74) is -1.00. The second-order valence-electron chi connectivity index (χ2n) is 4.93. The molecule has 0 aromatic heterocycles. The molecule has 1 N–H and O–H groups in total. The Kier molecular flexibility index (Phi) is 4.58. The second-order valence-corrected chi connectivity index (χ2v) is 4.93. The lowest BCUT2D eigenvalue weighted by molar-refractivity contribution is -0.109. The number of alkyl carbamates (subject to hydrolysis) is 1. The third-order valence-corrected chi connectivity index (χ3v) is 2.10. The SMILES string of the molecule is CC(C)(C)OC(=O)NC(C=O)c1cc(F)ccc1F. The van der Waals surface area contributed by atoms with Crippen molar-refractivity contribution in [2.45, 2.75) is 32.4 Å². The first-order valence-corrected chi connectivity index (χ1v) is 5.62. The molecule has 104 valence electrons. The molecule has 1 aromatic carbocycles. The summed E-state index contributed by atoms with van der Waals surface area (Å²) in [6.45, 7) is 4.93. The van der Waals surface area contributed by atoms with Gasteiger partial charge < -0.3 is 14.8 Å². The van der Waals surface area contributed by atoms with E-state index >= 15 is 0 Å². The van der Waals surface area contributed by atoms with Gasteiger partial charge in [0.15, 0.2) is 0 Å². The molecule has 0 saturated heterocycles. The number of ether oxygens (including phenoxy) is 1. The summed E-state index contributed by atoms with van der Waals surface area (Å²) in [6.07, 6.45) is -0.574. The molecular weight excluding hydrogens is 256 g/mol. The van der Waals surface area contributed by atoms with Gasteiger partial charge in [-0.2, -0.15) is 0 Å². The van der Waals surface area contributed by atoms with E-state index in [1.165, 1.54) is 0 Å². The van der Waals surface area contributed by atoms with Crippen LogP contribution in [0.5, 0.6) is 0 Å². The average molecular weight is 271 g/mol. The molecule has 0 fully saturated rings. The van der Waals surface area contributed by atoms with E-state index < -0.39 is 29.4 Å². The third kappa shape index (κ3) is 4.65. The summed E-state index contributed by atoms with van der Waals surface area (Å²) < 4.78 is 31.4. The molecule has 0 bridgehead atoms. The van der Waals surface area contributed by atoms with Crippen LogP contribution < -0.4 is 5.32 Å². The topological polar surface area (TPSA) is 55.4 Å². The Morgan fingerprint density at radius 2 is 2.00 bits per heavy atom. The van der Waals surface area contributed by atoms with Crippen molar-refractivity contribution in [3.8, 4) is 0 Å². The van der Waals surface area contributed by atoms with Crippen LogP contribution in [-0.2, 0) is 9.53 Å². The first-order chi connectivity index (χ1) is 8.73. The number of benzene rings is 1. The number of nitrogens with one attached hydrogen (secondary N) is 1. The van der Waals surface area contributed by atoms with E-state index in [-0.39, 0.29) is 5.56 Å². The van der Waals surface area contributed by atoms with Crippen LogP contribution in [0.3, 0.4) is 0 Å². The fraction of sp³-hybridized carbons (Fsp3) is 0.385. The van der Waals surface area contributed by atoms with Crippen molar-refractivity contribution < 1.29 is 23.1 Å². The van der Waals surface area contributed by atoms with Crippen molar-refractivity contribution in [1.29, 1.82) is 0 Å². The molecule has 0 aliphatic rings. The van der Waals surface area contributed by atoms with Gasteiger partial charge in [0.25, 0.3) is 0 Å². The summed E-state index contributed by atoms with van der Waals surface area (Å²) in [4.78, 5) is 22.4. The van der Waals surface area contributed by atoms with Gasteiger partial charge in [-0.15, -0.1) is 0 Å². The highest BCUT2D eigenvalue weighted by atomic mass is 19.1. The highest BCUT2D eigenvalue weighted by molar-refractivity contribution is 5.74. The summed E-state index contributed by atoms with van der Waals surface area (Å²) in [6, 6.07) is 1.36. The van der Waals surface area contributed by atoms with Crippen LogP contribution in [0.4, 0.5) is 13.6 Å². The molecule has 1 rings (SSSR count). The molecule has 0 heterocycles.